The minimum Gasteiger partial charge on any atom is -0.494 e. The third-order valence-corrected chi connectivity index (χ3v) is 17.0. The van der Waals surface area contributed by atoms with Crippen molar-refractivity contribution in [3.8, 4) is 11.4 Å². The molecule has 2 saturated carbocycles. The zero-order valence-corrected chi connectivity index (χ0v) is 47.9. The van der Waals surface area contributed by atoms with Crippen LogP contribution in [0, 0.1) is 23.6 Å². The van der Waals surface area contributed by atoms with Gasteiger partial charge in [0.2, 0.25) is 29.5 Å². The number of benzene rings is 2. The molecule has 4 fully saturated rings. The summed E-state index contributed by atoms with van der Waals surface area (Å²) in [4.78, 5) is 99.8. The number of carbonyl (C=O) groups is 5. The van der Waals surface area contributed by atoms with Gasteiger partial charge >= 0.3 is 6.18 Å². The van der Waals surface area contributed by atoms with E-state index in [1.807, 2.05) is 17.9 Å². The lowest BCUT2D eigenvalue weighted by Crippen LogP contribution is -2.47. The van der Waals surface area contributed by atoms with Crippen LogP contribution in [0.15, 0.2) is 90.1 Å². The number of nitrogens with one attached hydrogen (secondary N) is 2. The average Bonchev–Trinajstić information content (AvgIpc) is 1.42. The minimum absolute atomic E-state index is 0.0340. The maximum Gasteiger partial charge on any atom is 0.419 e. The number of nitrogens with zero attached hydrogens (tertiary/aromatic N) is 7. The van der Waals surface area contributed by atoms with Gasteiger partial charge in [0.05, 0.1) is 66.5 Å². The Hall–Kier alpha value is -7.33. The van der Waals surface area contributed by atoms with E-state index in [4.69, 9.17) is 19.2 Å². The molecule has 450 valence electrons. The first kappa shape index (κ1) is 61.2. The summed E-state index contributed by atoms with van der Waals surface area (Å²) in [5.74, 6) is -2.34. The second kappa shape index (κ2) is 28.0. The van der Waals surface area contributed by atoms with Gasteiger partial charge in [-0.3, -0.25) is 38.3 Å². The molecule has 9 rings (SSSR count). The summed E-state index contributed by atoms with van der Waals surface area (Å²) in [6.45, 7) is 6.15. The Balaban J connectivity index is 0.712. The Bertz CT molecular complexity index is 3140. The minimum atomic E-state index is -4.98. The number of likely N-dealkylation sites (tertiary alicyclic amines) is 2. The Labute approximate surface area is 486 Å². The van der Waals surface area contributed by atoms with E-state index < -0.39 is 47.4 Å². The lowest BCUT2D eigenvalue weighted by molar-refractivity contribution is -0.140. The third kappa shape index (κ3) is 15.1. The zero-order valence-electron chi connectivity index (χ0n) is 47.9. The molecular weight excluding hydrogens is 1090 g/mol. The molecule has 3 atom stereocenters. The molecule has 5 aromatic rings. The Morgan fingerprint density at radius 1 is 0.857 bits per heavy atom. The van der Waals surface area contributed by atoms with E-state index in [9.17, 15) is 46.3 Å². The Morgan fingerprint density at radius 2 is 1.56 bits per heavy atom. The summed E-state index contributed by atoms with van der Waals surface area (Å²) < 4.78 is 75.2. The van der Waals surface area contributed by atoms with Crippen molar-refractivity contribution < 1.29 is 55.7 Å². The summed E-state index contributed by atoms with van der Waals surface area (Å²) >= 11 is 0. The van der Waals surface area contributed by atoms with Gasteiger partial charge < -0.3 is 39.5 Å². The van der Waals surface area contributed by atoms with Crippen molar-refractivity contribution in [2.24, 2.45) is 17.8 Å². The Morgan fingerprint density at radius 3 is 2.24 bits per heavy atom. The van der Waals surface area contributed by atoms with E-state index in [0.29, 0.717) is 114 Å². The van der Waals surface area contributed by atoms with Crippen LogP contribution in [0.4, 0.5) is 17.6 Å². The largest absolute Gasteiger partial charge is 0.494 e. The second-order valence-corrected chi connectivity index (χ2v) is 22.6. The van der Waals surface area contributed by atoms with Crippen molar-refractivity contribution in [2.75, 3.05) is 53.0 Å². The van der Waals surface area contributed by atoms with Crippen molar-refractivity contribution in [3.63, 3.8) is 0 Å². The first-order valence-electron chi connectivity index (χ1n) is 29.5. The van der Waals surface area contributed by atoms with Gasteiger partial charge in [-0.15, -0.1) is 0 Å². The van der Waals surface area contributed by atoms with Crippen LogP contribution >= 0.6 is 0 Å². The predicted molar refractivity (Wildman–Crippen MR) is 303 cm³/mol. The maximum atomic E-state index is 14.6. The second-order valence-electron chi connectivity index (χ2n) is 22.6. The third-order valence-electron chi connectivity index (χ3n) is 17.0. The monoisotopic (exact) mass is 1170 g/mol. The smallest absolute Gasteiger partial charge is 0.419 e. The van der Waals surface area contributed by atoms with Gasteiger partial charge in [0.15, 0.2) is 5.65 Å². The molecule has 2 aliphatic heterocycles. The fourth-order valence-corrected chi connectivity index (χ4v) is 12.4. The quantitative estimate of drug-likeness (QED) is 0.0496. The van der Waals surface area contributed by atoms with Crippen LogP contribution in [0.25, 0.3) is 16.7 Å². The number of pyridine rings is 2. The molecule has 2 saturated heterocycles. The highest BCUT2D eigenvalue weighted by Gasteiger charge is 2.43. The molecule has 2 N–H and O–H groups in total. The SMILES string of the molecule is CCOc1ccc(-n2c([C@@H](C)N(CC3CCN(C(=O)C4CCC(NC(=O)CCCOC5CCC(OCCNC(=O)[C@H]6CC(=O)N(C)[C@@H]6c6cccnc6)CC5)CC4)CC3)C(=O)Cc3ccc(F)c(C(F)(F)F)c3)nc3ncccc3c2=O)cc1. The highest BCUT2D eigenvalue weighted by Crippen LogP contribution is 2.38. The van der Waals surface area contributed by atoms with Crippen LogP contribution in [0.5, 0.6) is 5.75 Å². The Kier molecular flexibility index (Phi) is 20.4. The number of hydrogen-bond acceptors (Lipinski definition) is 12. The molecule has 3 aromatic heterocycles. The first-order valence-corrected chi connectivity index (χ1v) is 29.5. The molecule has 2 aromatic carbocycles. The summed E-state index contributed by atoms with van der Waals surface area (Å²) in [5, 5.41) is 6.36. The number of rotatable bonds is 22. The summed E-state index contributed by atoms with van der Waals surface area (Å²) in [6, 6.07) is 14.9. The average molecular weight is 1170 g/mol. The molecular formula is C62H75F4N9O9. The zero-order chi connectivity index (χ0) is 59.5. The van der Waals surface area contributed by atoms with E-state index in [1.165, 1.54) is 15.7 Å². The molecule has 4 aliphatic rings. The van der Waals surface area contributed by atoms with Crippen LogP contribution in [-0.2, 0) is 46.0 Å². The van der Waals surface area contributed by atoms with Gasteiger partial charge in [0, 0.05) is 83.2 Å². The molecule has 18 nitrogen and oxygen atoms in total. The molecule has 22 heteroatoms. The van der Waals surface area contributed by atoms with Gasteiger partial charge in [-0.05, 0) is 156 Å². The molecule has 2 aliphatic carbocycles. The number of fused-ring (bicyclic) bond motifs is 1. The van der Waals surface area contributed by atoms with Gasteiger partial charge in [-0.2, -0.15) is 13.2 Å². The van der Waals surface area contributed by atoms with Crippen molar-refractivity contribution in [1.82, 2.24) is 44.9 Å². The van der Waals surface area contributed by atoms with Crippen molar-refractivity contribution >= 4 is 40.6 Å². The van der Waals surface area contributed by atoms with E-state index in [-0.39, 0.29) is 95.1 Å². The number of halogens is 4. The molecule has 0 radical (unpaired) electrons. The molecule has 0 unspecified atom stereocenters. The molecule has 5 amide bonds. The predicted octanol–water partition coefficient (Wildman–Crippen LogP) is 8.24. The number of hydrogen-bond donors (Lipinski definition) is 2. The molecule has 5 heterocycles. The van der Waals surface area contributed by atoms with Gasteiger partial charge in [-0.1, -0.05) is 12.1 Å². The fraction of sp³-hybridized carbons (Fsp3) is 0.532. The van der Waals surface area contributed by atoms with E-state index in [0.717, 1.165) is 37.3 Å². The summed E-state index contributed by atoms with van der Waals surface area (Å²) in [6.07, 6.45) is 7.61. The van der Waals surface area contributed by atoms with Crippen molar-refractivity contribution in [1.29, 1.82) is 0 Å². The van der Waals surface area contributed by atoms with Crippen molar-refractivity contribution in [3.05, 3.63) is 124 Å². The number of carbonyl (C=O) groups excluding carboxylic acids is 5. The van der Waals surface area contributed by atoms with Gasteiger partial charge in [0.25, 0.3) is 5.56 Å². The van der Waals surface area contributed by atoms with E-state index >= 15 is 0 Å². The highest BCUT2D eigenvalue weighted by molar-refractivity contribution is 5.90. The lowest BCUT2D eigenvalue weighted by atomic mass is 9.84. The molecule has 0 spiro atoms. The molecule has 84 heavy (non-hydrogen) atoms. The van der Waals surface area contributed by atoms with Crippen LogP contribution in [0.1, 0.15) is 132 Å². The summed E-state index contributed by atoms with van der Waals surface area (Å²) in [5.41, 5.74) is -0.530. The fourth-order valence-electron chi connectivity index (χ4n) is 12.4. The van der Waals surface area contributed by atoms with E-state index in [2.05, 4.69) is 20.6 Å². The summed E-state index contributed by atoms with van der Waals surface area (Å²) in [7, 11) is 1.71. The van der Waals surface area contributed by atoms with Gasteiger partial charge in [-0.25, -0.2) is 14.4 Å². The van der Waals surface area contributed by atoms with Gasteiger partial charge in [0.1, 0.15) is 17.4 Å². The number of alkyl halides is 3. The van der Waals surface area contributed by atoms with Crippen LogP contribution in [-0.4, -0.2) is 135 Å². The number of amides is 5. The topological polar surface area (TPSA) is 207 Å². The number of aromatic nitrogens is 4. The van der Waals surface area contributed by atoms with Crippen LogP contribution in [0.2, 0.25) is 0 Å². The van der Waals surface area contributed by atoms with Crippen molar-refractivity contribution in [2.45, 2.75) is 140 Å². The lowest BCUT2D eigenvalue weighted by Gasteiger charge is -2.39. The maximum absolute atomic E-state index is 14.6. The number of piperidine rings is 1. The van der Waals surface area contributed by atoms with Crippen LogP contribution < -0.4 is 20.9 Å². The highest BCUT2D eigenvalue weighted by atomic mass is 19.4. The first-order chi connectivity index (χ1) is 40.4. The van der Waals surface area contributed by atoms with E-state index in [1.54, 1.807) is 73.7 Å². The molecule has 0 bridgehead atoms. The standard InChI is InChI=1S/C62H75F4N9O9/c1-4-82-46-18-16-45(17-19-46)75-58(71-57-49(61(75)81)9-6-28-68-57)39(2)74(55(78)35-41-11-24-52(63)51(34-41)62(64,65)66)38-40-25-30-73(31-26-40)60(80)42-12-14-44(15-13-42)70-53(76)10-7-32-83-47-20-22-48(23-21-47)84-33-29-69-59(79)50-36-54(77)72(3)56(50)43-8-5-27-67-37-43/h5-6,8-9,11,16-19,24,27-28,34,37,39-40,42,44,47-48,50,56H,4,7,10,12-15,20-23,25-26,29-33,35-36,38H2,1-3H3,(H,69,79)(H,70,76)/t39-,42?,44?,47?,48?,50+,56-/m1/s1. The van der Waals surface area contributed by atoms with Crippen LogP contribution in [0.3, 0.4) is 0 Å². The normalized spacial score (nSPS) is 21.7. The number of ether oxygens (including phenoxy) is 3.